The van der Waals surface area contributed by atoms with Gasteiger partial charge in [0.2, 0.25) is 0 Å². The fourth-order valence-corrected chi connectivity index (χ4v) is 4.43. The maximum absolute atomic E-state index is 12.8. The molecular weight excluding hydrogens is 531 g/mol. The molecule has 3 amide bonds. The lowest BCUT2D eigenvalue weighted by Gasteiger charge is -2.12. The Morgan fingerprint density at radius 3 is 2.34 bits per heavy atom. The van der Waals surface area contributed by atoms with Crippen molar-refractivity contribution >= 4 is 75.4 Å². The van der Waals surface area contributed by atoms with Crippen LogP contribution in [-0.2, 0) is 16.1 Å². The Labute approximate surface area is 220 Å². The zero-order valence-corrected chi connectivity index (χ0v) is 21.0. The molecule has 0 atom stereocenters. The number of hydrogen-bond donors (Lipinski definition) is 1. The largest absolute Gasteiger partial charge is 0.484 e. The van der Waals surface area contributed by atoms with E-state index >= 15 is 0 Å². The monoisotopic (exact) mass is 546 g/mol. The molecule has 10 heteroatoms. The molecule has 3 aromatic rings. The summed E-state index contributed by atoms with van der Waals surface area (Å²) in [6, 6.07) is 18.6. The molecule has 0 unspecified atom stereocenters. The van der Waals surface area contributed by atoms with E-state index in [2.05, 4.69) is 5.32 Å². The summed E-state index contributed by atoms with van der Waals surface area (Å²) in [4.78, 5) is 38.7. The lowest BCUT2D eigenvalue weighted by Crippen LogP contribution is -2.27. The van der Waals surface area contributed by atoms with Crippen molar-refractivity contribution in [3.05, 3.63) is 97.8 Å². The lowest BCUT2D eigenvalue weighted by atomic mass is 10.2. The predicted molar refractivity (Wildman–Crippen MR) is 140 cm³/mol. The SMILES string of the molecule is O=C(COc1ccc(/C=C2\SC(=O)N(Cc3ccc(Cl)c(Cl)c3)C2=O)cc1)Nc1ccc(Cl)cc1. The fourth-order valence-electron chi connectivity index (χ4n) is 3.15. The van der Waals surface area contributed by atoms with E-state index < -0.39 is 0 Å². The van der Waals surface area contributed by atoms with Gasteiger partial charge in [-0.15, -0.1) is 0 Å². The van der Waals surface area contributed by atoms with E-state index in [9.17, 15) is 14.4 Å². The van der Waals surface area contributed by atoms with Crippen LogP contribution in [0.15, 0.2) is 71.6 Å². The molecule has 1 heterocycles. The van der Waals surface area contributed by atoms with E-state index in [0.29, 0.717) is 42.5 Å². The van der Waals surface area contributed by atoms with Gasteiger partial charge in [-0.3, -0.25) is 19.3 Å². The molecule has 1 fully saturated rings. The molecule has 4 rings (SSSR count). The summed E-state index contributed by atoms with van der Waals surface area (Å²) >= 11 is 18.7. The standard InChI is InChI=1S/C25H17Cl3N2O4S/c26-17-4-6-18(7-5-17)29-23(31)14-34-19-8-1-15(2-9-19)12-22-24(32)30(25(33)35-22)13-16-3-10-20(27)21(28)11-16/h1-12H,13-14H2,(H,29,31)/b22-12-. The zero-order chi connectivity index (χ0) is 24.9. The number of imide groups is 1. The molecule has 35 heavy (non-hydrogen) atoms. The van der Waals surface area contributed by atoms with Gasteiger partial charge in [0.15, 0.2) is 6.61 Å². The summed E-state index contributed by atoms with van der Waals surface area (Å²) in [5.74, 6) is -0.210. The molecule has 1 aliphatic rings. The average molecular weight is 548 g/mol. The maximum Gasteiger partial charge on any atom is 0.293 e. The van der Waals surface area contributed by atoms with Crippen molar-refractivity contribution < 1.29 is 19.1 Å². The summed E-state index contributed by atoms with van der Waals surface area (Å²) in [7, 11) is 0. The van der Waals surface area contributed by atoms with Crippen molar-refractivity contribution in [2.24, 2.45) is 0 Å². The van der Waals surface area contributed by atoms with Crippen LogP contribution in [0.5, 0.6) is 5.75 Å². The van der Waals surface area contributed by atoms with Gasteiger partial charge in [0.05, 0.1) is 21.5 Å². The van der Waals surface area contributed by atoms with Gasteiger partial charge in [0.1, 0.15) is 5.75 Å². The average Bonchev–Trinajstić information content (AvgIpc) is 3.09. The summed E-state index contributed by atoms with van der Waals surface area (Å²) in [5.41, 5.74) is 2.03. The van der Waals surface area contributed by atoms with Crippen LogP contribution in [0.3, 0.4) is 0 Å². The first-order valence-corrected chi connectivity index (χ1v) is 12.2. The van der Waals surface area contributed by atoms with E-state index in [0.717, 1.165) is 16.7 Å². The number of carbonyl (C=O) groups excluding carboxylic acids is 3. The van der Waals surface area contributed by atoms with Crippen LogP contribution in [0.4, 0.5) is 10.5 Å². The highest BCUT2D eigenvalue weighted by Gasteiger charge is 2.35. The van der Waals surface area contributed by atoms with Crippen LogP contribution in [0.25, 0.3) is 6.08 Å². The second-order valence-electron chi connectivity index (χ2n) is 7.43. The van der Waals surface area contributed by atoms with Crippen molar-refractivity contribution in [2.75, 3.05) is 11.9 Å². The third-order valence-electron chi connectivity index (χ3n) is 4.87. The molecule has 0 bridgehead atoms. The fraction of sp³-hybridized carbons (Fsp3) is 0.0800. The maximum atomic E-state index is 12.8. The second-order valence-corrected chi connectivity index (χ2v) is 9.67. The first kappa shape index (κ1) is 25.1. The zero-order valence-electron chi connectivity index (χ0n) is 18.0. The van der Waals surface area contributed by atoms with Crippen LogP contribution < -0.4 is 10.1 Å². The number of ether oxygens (including phenoxy) is 1. The molecule has 6 nitrogen and oxygen atoms in total. The van der Waals surface area contributed by atoms with Gasteiger partial charge in [0.25, 0.3) is 17.1 Å². The minimum Gasteiger partial charge on any atom is -0.484 e. The second kappa shape index (κ2) is 11.2. The molecular formula is C25H17Cl3N2O4S. The molecule has 1 saturated heterocycles. The van der Waals surface area contributed by atoms with Crippen molar-refractivity contribution in [1.29, 1.82) is 0 Å². The number of nitrogens with zero attached hydrogens (tertiary/aromatic N) is 1. The van der Waals surface area contributed by atoms with E-state index in [4.69, 9.17) is 39.5 Å². The van der Waals surface area contributed by atoms with E-state index in [-0.39, 0.29) is 30.2 Å². The van der Waals surface area contributed by atoms with E-state index in [1.807, 2.05) is 0 Å². The summed E-state index contributed by atoms with van der Waals surface area (Å²) < 4.78 is 5.51. The topological polar surface area (TPSA) is 75.7 Å². The Morgan fingerprint density at radius 1 is 0.943 bits per heavy atom. The molecule has 1 aliphatic heterocycles. The number of thioether (sulfide) groups is 1. The molecule has 0 saturated carbocycles. The molecule has 0 aliphatic carbocycles. The predicted octanol–water partition coefficient (Wildman–Crippen LogP) is 6.90. The molecule has 1 N–H and O–H groups in total. The minimum atomic E-state index is -0.384. The van der Waals surface area contributed by atoms with E-state index in [1.54, 1.807) is 72.8 Å². The highest BCUT2D eigenvalue weighted by atomic mass is 35.5. The summed E-state index contributed by atoms with van der Waals surface area (Å²) in [5, 5.41) is 3.69. The van der Waals surface area contributed by atoms with Crippen molar-refractivity contribution in [3.63, 3.8) is 0 Å². The Balaban J connectivity index is 1.34. The lowest BCUT2D eigenvalue weighted by molar-refractivity contribution is -0.123. The summed E-state index contributed by atoms with van der Waals surface area (Å²) in [6.07, 6.45) is 1.64. The Bertz CT molecular complexity index is 1310. The number of hydrogen-bond acceptors (Lipinski definition) is 5. The van der Waals surface area contributed by atoms with Gasteiger partial charge in [-0.2, -0.15) is 0 Å². The Hall–Kier alpha value is -2.97. The van der Waals surface area contributed by atoms with Gasteiger partial charge >= 0.3 is 0 Å². The van der Waals surface area contributed by atoms with Crippen LogP contribution in [0.1, 0.15) is 11.1 Å². The third kappa shape index (κ3) is 6.58. The molecule has 0 spiro atoms. The number of amides is 3. The van der Waals surface area contributed by atoms with Crippen LogP contribution in [0, 0.1) is 0 Å². The molecule has 0 aromatic heterocycles. The van der Waals surface area contributed by atoms with Gasteiger partial charge in [-0.05, 0) is 77.5 Å². The molecule has 3 aromatic carbocycles. The van der Waals surface area contributed by atoms with Crippen molar-refractivity contribution in [1.82, 2.24) is 4.90 Å². The number of rotatable bonds is 7. The first-order chi connectivity index (χ1) is 16.8. The van der Waals surface area contributed by atoms with Crippen molar-refractivity contribution in [3.8, 4) is 5.75 Å². The van der Waals surface area contributed by atoms with Crippen LogP contribution in [-0.4, -0.2) is 28.6 Å². The smallest absolute Gasteiger partial charge is 0.293 e. The van der Waals surface area contributed by atoms with Crippen LogP contribution >= 0.6 is 46.6 Å². The van der Waals surface area contributed by atoms with Gasteiger partial charge in [-0.25, -0.2) is 0 Å². The quantitative estimate of drug-likeness (QED) is 0.326. The van der Waals surface area contributed by atoms with Gasteiger partial charge in [0, 0.05) is 10.7 Å². The normalized spacial score (nSPS) is 14.5. The Kier molecular flexibility index (Phi) is 8.03. The minimum absolute atomic E-state index is 0.101. The number of anilines is 1. The number of benzene rings is 3. The van der Waals surface area contributed by atoms with Crippen LogP contribution in [0.2, 0.25) is 15.1 Å². The van der Waals surface area contributed by atoms with Crippen molar-refractivity contribution in [2.45, 2.75) is 6.54 Å². The van der Waals surface area contributed by atoms with E-state index in [1.165, 1.54) is 0 Å². The highest BCUT2D eigenvalue weighted by molar-refractivity contribution is 8.18. The highest BCUT2D eigenvalue weighted by Crippen LogP contribution is 2.34. The summed E-state index contributed by atoms with van der Waals surface area (Å²) in [6.45, 7) is -0.0701. The first-order valence-electron chi connectivity index (χ1n) is 10.3. The Morgan fingerprint density at radius 2 is 1.66 bits per heavy atom. The third-order valence-corrected chi connectivity index (χ3v) is 6.77. The number of carbonyl (C=O) groups is 3. The number of nitrogens with one attached hydrogen (secondary N) is 1. The van der Waals surface area contributed by atoms with Gasteiger partial charge < -0.3 is 10.1 Å². The van der Waals surface area contributed by atoms with Gasteiger partial charge in [-0.1, -0.05) is 53.0 Å². The number of halogens is 3. The molecule has 0 radical (unpaired) electrons. The molecule has 178 valence electrons.